The summed E-state index contributed by atoms with van der Waals surface area (Å²) in [5, 5.41) is 43.0. The molecule has 23 nitrogen and oxygen atoms in total. The van der Waals surface area contributed by atoms with Gasteiger partial charge >= 0.3 is 11.9 Å². The molecule has 0 aliphatic rings. The smallest absolute Gasteiger partial charge is 0.335 e. The SMILES string of the molecule is Cc1cc(Nc2nc(NCCS(=O)(=O)O)nc(Nc3ccc(/N=N/c4cc(C(=O)O)cc(C(=O)O)c4)cc3)n2)ccc1/N=N/c1cc(S(=O)(=O)O)c2cccc(S(=O)(=O)O)c2c1. The average Bonchev–Trinajstić information content (AvgIpc) is 3.18. The molecule has 0 fully saturated rings. The van der Waals surface area contributed by atoms with Crippen LogP contribution >= 0.6 is 0 Å². The van der Waals surface area contributed by atoms with Crippen molar-refractivity contribution in [3.63, 3.8) is 0 Å². The lowest BCUT2D eigenvalue weighted by Crippen LogP contribution is -2.17. The molecule has 8 N–H and O–H groups in total. The van der Waals surface area contributed by atoms with E-state index in [2.05, 4.69) is 51.4 Å². The predicted octanol–water partition coefficient (Wildman–Crippen LogP) is 6.84. The maximum Gasteiger partial charge on any atom is 0.335 e. The third-order valence-corrected chi connectivity index (χ3v) is 10.8. The van der Waals surface area contributed by atoms with Crippen LogP contribution in [0.15, 0.2) is 121 Å². The van der Waals surface area contributed by atoms with Gasteiger partial charge < -0.3 is 26.2 Å². The van der Waals surface area contributed by atoms with Crippen LogP contribution < -0.4 is 16.0 Å². The summed E-state index contributed by atoms with van der Waals surface area (Å²) in [5.41, 5.74) is 1.21. The first-order chi connectivity index (χ1) is 29.1. The molecule has 1 aromatic heterocycles. The zero-order valence-electron chi connectivity index (χ0n) is 31.4. The second-order valence-electron chi connectivity index (χ2n) is 12.8. The molecule has 1 heterocycles. The van der Waals surface area contributed by atoms with Gasteiger partial charge in [-0.3, -0.25) is 13.7 Å². The number of hydrogen-bond donors (Lipinski definition) is 8. The molecule has 320 valence electrons. The third-order valence-electron chi connectivity index (χ3n) is 8.28. The van der Waals surface area contributed by atoms with E-state index in [9.17, 15) is 58.7 Å². The predicted molar refractivity (Wildman–Crippen MR) is 221 cm³/mol. The molecule has 0 aliphatic heterocycles. The van der Waals surface area contributed by atoms with Crippen LogP contribution in [0.25, 0.3) is 10.8 Å². The second kappa shape index (κ2) is 17.7. The van der Waals surface area contributed by atoms with Crippen LogP contribution in [-0.4, -0.2) is 88.3 Å². The normalized spacial score (nSPS) is 12.2. The number of aryl methyl sites for hydroxylation is 1. The molecule has 0 radical (unpaired) electrons. The minimum Gasteiger partial charge on any atom is -0.478 e. The van der Waals surface area contributed by atoms with Crippen molar-refractivity contribution in [1.82, 2.24) is 15.0 Å². The molecule has 62 heavy (non-hydrogen) atoms. The third kappa shape index (κ3) is 11.5. The molecule has 26 heteroatoms. The fraction of sp³-hybridized carbons (Fsp3) is 0.0833. The van der Waals surface area contributed by atoms with E-state index in [0.29, 0.717) is 22.6 Å². The lowest BCUT2D eigenvalue weighted by atomic mass is 10.1. The maximum absolute atomic E-state index is 12.2. The van der Waals surface area contributed by atoms with E-state index < -0.39 is 57.8 Å². The fourth-order valence-corrected chi connectivity index (χ4v) is 7.30. The molecule has 0 unspecified atom stereocenters. The number of carbonyl (C=O) groups is 2. The minimum absolute atomic E-state index is 0.00463. The average molecular weight is 907 g/mol. The first-order valence-electron chi connectivity index (χ1n) is 17.3. The van der Waals surface area contributed by atoms with Gasteiger partial charge in [-0.25, -0.2) is 9.59 Å². The standard InChI is InChI=1S/C36H30N10O13S3/c1-19-13-24(9-10-29(19)46-45-26-17-28-27(31(18-26)62(57,58)59)3-2-4-30(28)61(54,55)56)39-36-41-34(37-11-12-60(51,52)53)40-35(42-36)38-22-5-7-23(8-6-22)43-44-25-15-20(32(47)48)14-21(16-25)33(49)50/h2-10,13-18H,11-12H2,1H3,(H,47,48)(H,49,50)(H,51,52,53)(H,54,55,56)(H,57,58,59)(H3,37,38,39,40,41,42)/b44-43+,46-45+. The Labute approximate surface area is 350 Å². The number of aromatic nitrogens is 3. The Morgan fingerprint density at radius 2 is 1.13 bits per heavy atom. The highest BCUT2D eigenvalue weighted by atomic mass is 32.2. The van der Waals surface area contributed by atoms with Crippen molar-refractivity contribution >= 4 is 105 Å². The first-order valence-corrected chi connectivity index (χ1v) is 21.8. The number of hydrogen-bond acceptors (Lipinski definition) is 18. The molecular weight excluding hydrogens is 877 g/mol. The molecule has 0 atom stereocenters. The molecule has 0 saturated heterocycles. The van der Waals surface area contributed by atoms with Crippen LogP contribution in [0.4, 0.5) is 52.0 Å². The van der Waals surface area contributed by atoms with Crippen LogP contribution in [0.3, 0.4) is 0 Å². The lowest BCUT2D eigenvalue weighted by molar-refractivity contribution is 0.0696. The molecule has 0 spiro atoms. The topological polar surface area (TPSA) is 362 Å². The van der Waals surface area contributed by atoms with Gasteiger partial charge in [-0.1, -0.05) is 12.1 Å². The van der Waals surface area contributed by atoms with Crippen LogP contribution in [0.1, 0.15) is 26.3 Å². The summed E-state index contributed by atoms with van der Waals surface area (Å²) in [6.07, 6.45) is 0. The highest BCUT2D eigenvalue weighted by molar-refractivity contribution is 7.86. The first kappa shape index (κ1) is 44.2. The van der Waals surface area contributed by atoms with Gasteiger partial charge in [0, 0.05) is 28.7 Å². The van der Waals surface area contributed by atoms with Crippen molar-refractivity contribution < 1.29 is 58.7 Å². The van der Waals surface area contributed by atoms with Gasteiger partial charge in [-0.05, 0) is 91.3 Å². The Morgan fingerprint density at radius 1 is 0.581 bits per heavy atom. The summed E-state index contributed by atoms with van der Waals surface area (Å²) in [6, 6.07) is 19.9. The number of aromatic carboxylic acids is 2. The molecule has 5 aromatic carbocycles. The Balaban J connectivity index is 1.23. The molecule has 0 saturated carbocycles. The molecule has 0 aliphatic carbocycles. The van der Waals surface area contributed by atoms with Gasteiger partial charge in [0.05, 0.1) is 39.6 Å². The summed E-state index contributed by atoms with van der Waals surface area (Å²) >= 11 is 0. The van der Waals surface area contributed by atoms with Crippen molar-refractivity contribution in [2.45, 2.75) is 16.7 Å². The van der Waals surface area contributed by atoms with Crippen LogP contribution in [0, 0.1) is 6.92 Å². The van der Waals surface area contributed by atoms with E-state index in [-0.39, 0.29) is 63.4 Å². The Kier molecular flexibility index (Phi) is 12.6. The summed E-state index contributed by atoms with van der Waals surface area (Å²) in [4.78, 5) is 34.4. The number of rotatable bonds is 16. The number of anilines is 5. The molecule has 0 bridgehead atoms. The van der Waals surface area contributed by atoms with Gasteiger partial charge in [0.15, 0.2) is 0 Å². The van der Waals surface area contributed by atoms with Gasteiger partial charge in [0.25, 0.3) is 30.4 Å². The Morgan fingerprint density at radius 3 is 1.71 bits per heavy atom. The molecular formula is C36H30N10O13S3. The summed E-state index contributed by atoms with van der Waals surface area (Å²) in [6.45, 7) is 1.38. The van der Waals surface area contributed by atoms with Crippen molar-refractivity contribution in [2.24, 2.45) is 20.5 Å². The van der Waals surface area contributed by atoms with Crippen molar-refractivity contribution in [2.75, 3.05) is 28.2 Å². The Bertz CT molecular complexity index is 3140. The summed E-state index contributed by atoms with van der Waals surface area (Å²) < 4.78 is 99.8. The lowest BCUT2D eigenvalue weighted by Gasteiger charge is -2.12. The quantitative estimate of drug-likeness (QED) is 0.0364. The van der Waals surface area contributed by atoms with E-state index in [4.69, 9.17) is 0 Å². The maximum atomic E-state index is 12.2. The summed E-state index contributed by atoms with van der Waals surface area (Å²) in [5.74, 6) is -3.51. The van der Waals surface area contributed by atoms with Gasteiger partial charge in [-0.15, -0.1) is 0 Å². The van der Waals surface area contributed by atoms with E-state index in [1.165, 1.54) is 36.4 Å². The number of carboxylic acids is 2. The number of benzene rings is 5. The second-order valence-corrected chi connectivity index (χ2v) is 17.2. The summed E-state index contributed by atoms with van der Waals surface area (Å²) in [7, 11) is -14.0. The highest BCUT2D eigenvalue weighted by Crippen LogP contribution is 2.35. The molecule has 6 rings (SSSR count). The van der Waals surface area contributed by atoms with Crippen molar-refractivity contribution in [3.05, 3.63) is 108 Å². The number of azo groups is 2. The van der Waals surface area contributed by atoms with E-state index in [1.807, 2.05) is 0 Å². The fourth-order valence-electron chi connectivity index (χ4n) is 5.52. The van der Waals surface area contributed by atoms with Gasteiger partial charge in [-0.2, -0.15) is 60.7 Å². The van der Waals surface area contributed by atoms with Gasteiger partial charge in [0.2, 0.25) is 17.8 Å². The largest absolute Gasteiger partial charge is 0.478 e. The zero-order valence-corrected chi connectivity index (χ0v) is 33.9. The zero-order chi connectivity index (χ0) is 45.0. The molecule has 6 aromatic rings. The van der Waals surface area contributed by atoms with Crippen LogP contribution in [0.5, 0.6) is 0 Å². The van der Waals surface area contributed by atoms with Crippen LogP contribution in [0.2, 0.25) is 0 Å². The number of carboxylic acid groups (broad SMARTS) is 2. The van der Waals surface area contributed by atoms with E-state index in [0.717, 1.165) is 30.3 Å². The van der Waals surface area contributed by atoms with Crippen LogP contribution in [-0.2, 0) is 30.4 Å². The monoisotopic (exact) mass is 906 g/mol. The minimum atomic E-state index is -4.88. The number of fused-ring (bicyclic) bond motifs is 1. The highest BCUT2D eigenvalue weighted by Gasteiger charge is 2.21. The number of nitrogens with zero attached hydrogens (tertiary/aromatic N) is 7. The molecule has 0 amide bonds. The van der Waals surface area contributed by atoms with E-state index in [1.54, 1.807) is 31.2 Å². The number of nitrogens with one attached hydrogen (secondary N) is 3. The van der Waals surface area contributed by atoms with Crippen molar-refractivity contribution in [3.8, 4) is 0 Å². The van der Waals surface area contributed by atoms with E-state index >= 15 is 0 Å². The van der Waals surface area contributed by atoms with Gasteiger partial charge in [0.1, 0.15) is 9.79 Å². The van der Waals surface area contributed by atoms with Crippen molar-refractivity contribution in [1.29, 1.82) is 0 Å². The Hall–Kier alpha value is -7.36.